The largest absolute Gasteiger partial charge is 0.484 e. The minimum atomic E-state index is -0.455. The van der Waals surface area contributed by atoms with Crippen LogP contribution in [0.4, 0.5) is 0 Å². The van der Waals surface area contributed by atoms with Gasteiger partial charge in [0.1, 0.15) is 22.8 Å². The molecule has 0 aliphatic carbocycles. The fourth-order valence-corrected chi connectivity index (χ4v) is 2.20. The summed E-state index contributed by atoms with van der Waals surface area (Å²) in [6.07, 6.45) is 4.20. The molecule has 6 heteroatoms. The van der Waals surface area contributed by atoms with Crippen LogP contribution in [0.2, 0.25) is 0 Å². The lowest BCUT2D eigenvalue weighted by molar-refractivity contribution is -0.131. The molecular weight excluding hydrogens is 288 g/mol. The minimum Gasteiger partial charge on any atom is -0.484 e. The summed E-state index contributed by atoms with van der Waals surface area (Å²) in [7, 11) is 1.49. The number of fused-ring (bicyclic) bond motifs is 1. The van der Waals surface area contributed by atoms with E-state index in [9.17, 15) is 9.59 Å². The number of ether oxygens (including phenoxy) is 4. The third-order valence-electron chi connectivity index (χ3n) is 3.08. The maximum atomic E-state index is 12.0. The predicted octanol–water partition coefficient (Wildman–Crippen LogP) is 2.29. The van der Waals surface area contributed by atoms with Crippen molar-refractivity contribution in [3.63, 3.8) is 0 Å². The molecule has 0 fully saturated rings. The van der Waals surface area contributed by atoms with E-state index < -0.39 is 5.97 Å². The van der Waals surface area contributed by atoms with E-state index >= 15 is 0 Å². The number of allylic oxidation sites excluding steroid dienone is 2. The van der Waals surface area contributed by atoms with E-state index in [1.54, 1.807) is 6.07 Å². The highest BCUT2D eigenvalue weighted by Gasteiger charge is 2.31. The van der Waals surface area contributed by atoms with Crippen LogP contribution in [0, 0.1) is 0 Å². The lowest BCUT2D eigenvalue weighted by Gasteiger charge is -2.16. The zero-order chi connectivity index (χ0) is 16.1. The zero-order valence-electron chi connectivity index (χ0n) is 12.8. The highest BCUT2D eigenvalue weighted by atomic mass is 16.7. The van der Waals surface area contributed by atoms with Crippen LogP contribution in [-0.2, 0) is 16.0 Å². The Morgan fingerprint density at radius 1 is 1.45 bits per heavy atom. The average molecular weight is 306 g/mol. The molecule has 1 aliphatic rings. The standard InChI is InChI=1S/C16H18O6/c1-4-5-6-11-13(22-10(2)17)7-14-15(12(18)8-20-14)16(11)21-9-19-3/h4-5,7H,6,8-9H2,1-3H3/b5-4+. The van der Waals surface area contributed by atoms with Crippen molar-refractivity contribution in [3.05, 3.63) is 29.3 Å². The van der Waals surface area contributed by atoms with E-state index in [4.69, 9.17) is 18.9 Å². The molecule has 0 atom stereocenters. The van der Waals surface area contributed by atoms with Gasteiger partial charge in [-0.3, -0.25) is 9.59 Å². The molecule has 1 aliphatic heterocycles. The first kappa shape index (κ1) is 16.0. The highest BCUT2D eigenvalue weighted by Crippen LogP contribution is 2.42. The third-order valence-corrected chi connectivity index (χ3v) is 3.08. The van der Waals surface area contributed by atoms with Gasteiger partial charge >= 0.3 is 5.97 Å². The number of ketones is 1. The first-order valence-electron chi connectivity index (χ1n) is 6.85. The molecule has 0 spiro atoms. The lowest BCUT2D eigenvalue weighted by atomic mass is 10.0. The molecule has 0 N–H and O–H groups in total. The number of carbonyl (C=O) groups excluding carboxylic acids is 2. The lowest BCUT2D eigenvalue weighted by Crippen LogP contribution is -2.10. The van der Waals surface area contributed by atoms with Gasteiger partial charge in [-0.15, -0.1) is 0 Å². The Bertz CT molecular complexity index is 618. The van der Waals surface area contributed by atoms with Crippen molar-refractivity contribution < 1.29 is 28.5 Å². The highest BCUT2D eigenvalue weighted by molar-refractivity contribution is 6.05. The molecule has 0 saturated carbocycles. The molecule has 1 aromatic carbocycles. The van der Waals surface area contributed by atoms with Gasteiger partial charge in [-0.05, 0) is 13.3 Å². The summed E-state index contributed by atoms with van der Waals surface area (Å²) in [5, 5.41) is 0. The third kappa shape index (κ3) is 3.28. The Morgan fingerprint density at radius 2 is 2.23 bits per heavy atom. The molecule has 0 saturated heterocycles. The second-order valence-corrected chi connectivity index (χ2v) is 4.69. The van der Waals surface area contributed by atoms with Crippen molar-refractivity contribution in [1.82, 2.24) is 0 Å². The van der Waals surface area contributed by atoms with Crippen LogP contribution in [-0.4, -0.2) is 32.3 Å². The van der Waals surface area contributed by atoms with Crippen molar-refractivity contribution in [2.75, 3.05) is 20.5 Å². The number of hydrogen-bond donors (Lipinski definition) is 0. The monoisotopic (exact) mass is 306 g/mol. The molecule has 1 heterocycles. The van der Waals surface area contributed by atoms with Crippen LogP contribution >= 0.6 is 0 Å². The first-order valence-corrected chi connectivity index (χ1v) is 6.85. The molecule has 2 rings (SSSR count). The molecule has 0 unspecified atom stereocenters. The molecule has 0 bridgehead atoms. The van der Waals surface area contributed by atoms with Gasteiger partial charge in [-0.25, -0.2) is 0 Å². The van der Waals surface area contributed by atoms with Crippen molar-refractivity contribution in [1.29, 1.82) is 0 Å². The van der Waals surface area contributed by atoms with Crippen molar-refractivity contribution in [3.8, 4) is 17.2 Å². The van der Waals surface area contributed by atoms with E-state index in [0.717, 1.165) is 0 Å². The fraction of sp³-hybridized carbons (Fsp3) is 0.375. The Hall–Kier alpha value is -2.34. The molecule has 6 nitrogen and oxygen atoms in total. The Kier molecular flexibility index (Phi) is 5.16. The number of Topliss-reactive ketones (excluding diaryl/α,β-unsaturated/α-hetero) is 1. The summed E-state index contributed by atoms with van der Waals surface area (Å²) in [6, 6.07) is 1.56. The topological polar surface area (TPSA) is 71.1 Å². The van der Waals surface area contributed by atoms with Crippen molar-refractivity contribution >= 4 is 11.8 Å². The van der Waals surface area contributed by atoms with E-state index in [1.807, 2.05) is 19.1 Å². The van der Waals surface area contributed by atoms with Gasteiger partial charge in [0.05, 0.1) is 0 Å². The van der Waals surface area contributed by atoms with Gasteiger partial charge < -0.3 is 18.9 Å². The van der Waals surface area contributed by atoms with Crippen LogP contribution in [0.1, 0.15) is 29.8 Å². The van der Waals surface area contributed by atoms with Crippen LogP contribution in [0.3, 0.4) is 0 Å². The van der Waals surface area contributed by atoms with Gasteiger partial charge in [-0.2, -0.15) is 0 Å². The number of esters is 1. The maximum absolute atomic E-state index is 12.0. The SMILES string of the molecule is C/C=C/Cc1c(OC(C)=O)cc2c(c1OCOC)C(=O)CO2. The van der Waals surface area contributed by atoms with Gasteiger partial charge in [0.2, 0.25) is 5.78 Å². The van der Waals surface area contributed by atoms with Crippen LogP contribution in [0.25, 0.3) is 0 Å². The Balaban J connectivity index is 2.58. The molecule has 22 heavy (non-hydrogen) atoms. The van der Waals surface area contributed by atoms with E-state index in [2.05, 4.69) is 0 Å². The zero-order valence-corrected chi connectivity index (χ0v) is 12.8. The number of rotatable bonds is 6. The Labute approximate surface area is 128 Å². The van der Waals surface area contributed by atoms with Gasteiger partial charge in [-0.1, -0.05) is 12.2 Å². The summed E-state index contributed by atoms with van der Waals surface area (Å²) in [5.41, 5.74) is 0.982. The Morgan fingerprint density at radius 3 is 2.86 bits per heavy atom. The number of carbonyl (C=O) groups is 2. The fourth-order valence-electron chi connectivity index (χ4n) is 2.20. The predicted molar refractivity (Wildman–Crippen MR) is 78.6 cm³/mol. The molecule has 118 valence electrons. The normalized spacial score (nSPS) is 13.1. The summed E-state index contributed by atoms with van der Waals surface area (Å²) in [5.74, 6) is 0.402. The van der Waals surface area contributed by atoms with Gasteiger partial charge in [0, 0.05) is 25.7 Å². The van der Waals surface area contributed by atoms with E-state index in [0.29, 0.717) is 34.8 Å². The van der Waals surface area contributed by atoms with Crippen LogP contribution in [0.15, 0.2) is 18.2 Å². The number of benzene rings is 1. The van der Waals surface area contributed by atoms with Crippen LogP contribution < -0.4 is 14.2 Å². The van der Waals surface area contributed by atoms with Crippen molar-refractivity contribution in [2.24, 2.45) is 0 Å². The maximum Gasteiger partial charge on any atom is 0.308 e. The molecule has 1 aromatic rings. The molecule has 0 amide bonds. The van der Waals surface area contributed by atoms with Gasteiger partial charge in [0.15, 0.2) is 13.4 Å². The smallest absolute Gasteiger partial charge is 0.308 e. The van der Waals surface area contributed by atoms with Gasteiger partial charge in [0.25, 0.3) is 0 Å². The number of hydrogen-bond acceptors (Lipinski definition) is 6. The molecule has 0 radical (unpaired) electrons. The quantitative estimate of drug-likeness (QED) is 0.347. The summed E-state index contributed by atoms with van der Waals surface area (Å²) in [6.45, 7) is 3.12. The van der Waals surface area contributed by atoms with Crippen molar-refractivity contribution in [2.45, 2.75) is 20.3 Å². The van der Waals surface area contributed by atoms with Crippen LogP contribution in [0.5, 0.6) is 17.2 Å². The summed E-state index contributed by atoms with van der Waals surface area (Å²) < 4.78 is 21.1. The summed E-state index contributed by atoms with van der Waals surface area (Å²) in [4.78, 5) is 23.4. The molecule has 0 aromatic heterocycles. The van der Waals surface area contributed by atoms with E-state index in [-0.39, 0.29) is 19.2 Å². The summed E-state index contributed by atoms with van der Waals surface area (Å²) >= 11 is 0. The first-order chi connectivity index (χ1) is 10.6. The van der Waals surface area contributed by atoms with E-state index in [1.165, 1.54) is 14.0 Å². The number of methoxy groups -OCH3 is 1. The average Bonchev–Trinajstić information content (AvgIpc) is 2.84. The minimum absolute atomic E-state index is 0.0217. The molecular formula is C16H18O6. The second kappa shape index (κ2) is 7.09. The second-order valence-electron chi connectivity index (χ2n) is 4.69.